The van der Waals surface area contributed by atoms with Gasteiger partial charge in [-0.05, 0) is 12.3 Å². The Morgan fingerprint density at radius 2 is 2.19 bits per heavy atom. The first kappa shape index (κ1) is 12.9. The van der Waals surface area contributed by atoms with Crippen molar-refractivity contribution >= 4 is 11.9 Å². The van der Waals surface area contributed by atoms with Crippen LogP contribution >= 0.6 is 0 Å². The first-order valence-corrected chi connectivity index (χ1v) is 6.06. The summed E-state index contributed by atoms with van der Waals surface area (Å²) in [4.78, 5) is 22.4. The quantitative estimate of drug-likeness (QED) is 0.289. The van der Waals surface area contributed by atoms with E-state index in [0.717, 1.165) is 12.8 Å². The van der Waals surface area contributed by atoms with E-state index in [1.165, 1.54) is 19.3 Å². The van der Waals surface area contributed by atoms with Crippen LogP contribution in [0.2, 0.25) is 0 Å². The van der Waals surface area contributed by atoms with Gasteiger partial charge in [0.05, 0.1) is 12.3 Å². The van der Waals surface area contributed by atoms with Crippen LogP contribution < -0.4 is 0 Å². The van der Waals surface area contributed by atoms with Crippen molar-refractivity contribution in [1.29, 1.82) is 0 Å². The van der Waals surface area contributed by atoms with Gasteiger partial charge in [-0.3, -0.25) is 9.59 Å². The lowest BCUT2D eigenvalue weighted by atomic mass is 9.86. The molecular weight excluding hydrogens is 204 g/mol. The minimum Gasteiger partial charge on any atom is -0.393 e. The zero-order chi connectivity index (χ0) is 12.0. The lowest BCUT2D eigenvalue weighted by Gasteiger charge is -2.15. The maximum Gasteiger partial charge on any atom is 0.317 e. The van der Waals surface area contributed by atoms with Crippen LogP contribution in [0.25, 0.3) is 0 Å². The van der Waals surface area contributed by atoms with Crippen LogP contribution in [-0.2, 0) is 14.3 Å². The molecule has 2 unspecified atom stereocenters. The summed E-state index contributed by atoms with van der Waals surface area (Å²) in [6.07, 6.45) is 7.62. The maximum absolute atomic E-state index is 11.4. The van der Waals surface area contributed by atoms with Crippen LogP contribution in [0.3, 0.4) is 0 Å². The normalized spacial score (nSPS) is 21.9. The van der Waals surface area contributed by atoms with E-state index in [-0.39, 0.29) is 24.2 Å². The summed E-state index contributed by atoms with van der Waals surface area (Å²) in [5.74, 6) is -0.955. The molecule has 0 N–H and O–H groups in total. The number of ether oxygens (including phenoxy) is 1. The molecular formula is C13H20O3. The summed E-state index contributed by atoms with van der Waals surface area (Å²) in [5.41, 5.74) is 0. The molecule has 0 bridgehead atoms. The predicted molar refractivity (Wildman–Crippen MR) is 61.7 cm³/mol. The number of allylic oxidation sites excluding steroid dienone is 1. The summed E-state index contributed by atoms with van der Waals surface area (Å²) < 4.78 is 4.56. The Balaban J connectivity index is 2.38. The monoisotopic (exact) mass is 224 g/mol. The van der Waals surface area contributed by atoms with E-state index in [2.05, 4.69) is 18.2 Å². The number of hydrogen-bond donors (Lipinski definition) is 0. The molecule has 0 aromatic carbocycles. The van der Waals surface area contributed by atoms with Crippen molar-refractivity contribution in [2.75, 3.05) is 0 Å². The molecule has 0 aromatic rings. The van der Waals surface area contributed by atoms with E-state index in [9.17, 15) is 9.59 Å². The molecule has 1 aliphatic rings. The van der Waals surface area contributed by atoms with Crippen LogP contribution in [-0.4, -0.2) is 11.9 Å². The predicted octanol–water partition coefficient (Wildman–Crippen LogP) is 2.85. The summed E-state index contributed by atoms with van der Waals surface area (Å²) in [6.45, 7) is 5.91. The number of cyclic esters (lactones) is 2. The highest BCUT2D eigenvalue weighted by Crippen LogP contribution is 2.29. The second-order valence-electron chi connectivity index (χ2n) is 4.35. The van der Waals surface area contributed by atoms with Crippen LogP contribution in [0.5, 0.6) is 0 Å². The fourth-order valence-corrected chi connectivity index (χ4v) is 2.11. The fraction of sp³-hybridized carbons (Fsp3) is 0.692. The van der Waals surface area contributed by atoms with Gasteiger partial charge in [-0.1, -0.05) is 38.7 Å². The zero-order valence-electron chi connectivity index (χ0n) is 9.91. The SMILES string of the molecule is C=CC(CCCCCC)C1CC(=O)OC1=O. The maximum atomic E-state index is 11.4. The summed E-state index contributed by atoms with van der Waals surface area (Å²) in [6, 6.07) is 0. The van der Waals surface area contributed by atoms with Crippen LogP contribution in [0.1, 0.15) is 45.4 Å². The zero-order valence-corrected chi connectivity index (χ0v) is 9.91. The van der Waals surface area contributed by atoms with Crippen LogP contribution in [0.15, 0.2) is 12.7 Å². The molecule has 1 rings (SSSR count). The van der Waals surface area contributed by atoms with Crippen molar-refractivity contribution in [3.63, 3.8) is 0 Å². The Bertz CT molecular complexity index is 270. The van der Waals surface area contributed by atoms with Crippen molar-refractivity contribution in [3.05, 3.63) is 12.7 Å². The molecule has 2 atom stereocenters. The third-order valence-corrected chi connectivity index (χ3v) is 3.11. The third kappa shape index (κ3) is 3.47. The first-order valence-electron chi connectivity index (χ1n) is 6.06. The molecule has 1 aliphatic heterocycles. The van der Waals surface area contributed by atoms with E-state index in [4.69, 9.17) is 0 Å². The largest absolute Gasteiger partial charge is 0.393 e. The highest BCUT2D eigenvalue weighted by molar-refractivity contribution is 5.94. The second kappa shape index (κ2) is 6.46. The summed E-state index contributed by atoms with van der Waals surface area (Å²) >= 11 is 0. The van der Waals surface area contributed by atoms with Gasteiger partial charge < -0.3 is 4.74 Å². The molecule has 3 heteroatoms. The van der Waals surface area contributed by atoms with Gasteiger partial charge >= 0.3 is 11.9 Å². The van der Waals surface area contributed by atoms with Crippen molar-refractivity contribution in [2.24, 2.45) is 11.8 Å². The molecule has 0 saturated carbocycles. The Hall–Kier alpha value is -1.12. The average molecular weight is 224 g/mol. The Labute approximate surface area is 96.9 Å². The van der Waals surface area contributed by atoms with Gasteiger partial charge in [0.25, 0.3) is 0 Å². The number of esters is 2. The molecule has 3 nitrogen and oxygen atoms in total. The molecule has 0 radical (unpaired) electrons. The van der Waals surface area contributed by atoms with Crippen LogP contribution in [0.4, 0.5) is 0 Å². The summed E-state index contributed by atoms with van der Waals surface area (Å²) in [7, 11) is 0. The Kier molecular flexibility index (Phi) is 5.23. The lowest BCUT2D eigenvalue weighted by Crippen LogP contribution is -2.17. The summed E-state index contributed by atoms with van der Waals surface area (Å²) in [5, 5.41) is 0. The molecule has 90 valence electrons. The number of rotatable bonds is 7. The molecule has 0 aromatic heterocycles. The lowest BCUT2D eigenvalue weighted by molar-refractivity contribution is -0.153. The third-order valence-electron chi connectivity index (χ3n) is 3.11. The number of carbonyl (C=O) groups excluding carboxylic acids is 2. The van der Waals surface area contributed by atoms with Gasteiger partial charge in [-0.25, -0.2) is 0 Å². The van der Waals surface area contributed by atoms with E-state index in [1.54, 1.807) is 6.08 Å². The number of unbranched alkanes of at least 4 members (excludes halogenated alkanes) is 3. The van der Waals surface area contributed by atoms with Gasteiger partial charge in [0, 0.05) is 0 Å². The van der Waals surface area contributed by atoms with E-state index in [1.807, 2.05) is 0 Å². The van der Waals surface area contributed by atoms with Gasteiger partial charge in [0.15, 0.2) is 0 Å². The minimum atomic E-state index is -0.393. The van der Waals surface area contributed by atoms with Crippen molar-refractivity contribution in [3.8, 4) is 0 Å². The molecule has 1 heterocycles. The van der Waals surface area contributed by atoms with Gasteiger partial charge in [-0.15, -0.1) is 6.58 Å². The number of hydrogen-bond acceptors (Lipinski definition) is 3. The van der Waals surface area contributed by atoms with Gasteiger partial charge in [0.1, 0.15) is 0 Å². The molecule has 1 saturated heterocycles. The molecule has 0 aliphatic carbocycles. The van der Waals surface area contributed by atoms with E-state index >= 15 is 0 Å². The second-order valence-corrected chi connectivity index (χ2v) is 4.35. The van der Waals surface area contributed by atoms with Crippen LogP contribution in [0, 0.1) is 11.8 Å². The average Bonchev–Trinajstić information content (AvgIpc) is 2.58. The van der Waals surface area contributed by atoms with Crippen molar-refractivity contribution in [1.82, 2.24) is 0 Å². The molecule has 1 fully saturated rings. The van der Waals surface area contributed by atoms with Gasteiger partial charge in [0.2, 0.25) is 0 Å². The van der Waals surface area contributed by atoms with Crippen molar-refractivity contribution in [2.45, 2.75) is 45.4 Å². The highest BCUT2D eigenvalue weighted by atomic mass is 16.6. The Morgan fingerprint density at radius 1 is 1.44 bits per heavy atom. The smallest absolute Gasteiger partial charge is 0.317 e. The highest BCUT2D eigenvalue weighted by Gasteiger charge is 2.37. The Morgan fingerprint density at radius 3 is 2.69 bits per heavy atom. The molecule has 0 spiro atoms. The molecule has 0 amide bonds. The topological polar surface area (TPSA) is 43.4 Å². The van der Waals surface area contributed by atoms with Gasteiger partial charge in [-0.2, -0.15) is 0 Å². The minimum absolute atomic E-state index is 0.0933. The van der Waals surface area contributed by atoms with Crippen molar-refractivity contribution < 1.29 is 14.3 Å². The fourth-order valence-electron chi connectivity index (χ4n) is 2.11. The standard InChI is InChI=1S/C13H20O3/c1-3-5-6-7-8-10(4-2)11-9-12(14)16-13(11)15/h4,10-11H,2-3,5-9H2,1H3. The first-order chi connectivity index (χ1) is 7.69. The van der Waals surface area contributed by atoms with E-state index < -0.39 is 5.97 Å². The molecule has 16 heavy (non-hydrogen) atoms. The van der Waals surface area contributed by atoms with E-state index in [0.29, 0.717) is 0 Å². The number of carbonyl (C=O) groups is 2.